The second kappa shape index (κ2) is 4.33. The third-order valence-corrected chi connectivity index (χ3v) is 2.38. The van der Waals surface area contributed by atoms with Gasteiger partial charge in [0.25, 0.3) is 0 Å². The Hall–Kier alpha value is -2.63. The number of aromatic amines is 1. The molecule has 0 atom stereocenters. The number of aromatic carboxylic acids is 1. The quantitative estimate of drug-likeness (QED) is 0.740. The summed E-state index contributed by atoms with van der Waals surface area (Å²) in [6.07, 6.45) is 0. The number of carbonyl (C=O) groups excluding carboxylic acids is 1. The van der Waals surface area contributed by atoms with E-state index in [2.05, 4.69) is 10.3 Å². The Kier molecular flexibility index (Phi) is 2.85. The van der Waals surface area contributed by atoms with Crippen molar-refractivity contribution < 1.29 is 14.7 Å². The van der Waals surface area contributed by atoms with Crippen molar-refractivity contribution in [3.05, 3.63) is 40.2 Å². The minimum absolute atomic E-state index is 0.167. The topological polar surface area (TPSA) is 99.3 Å². The number of anilines is 1. The van der Waals surface area contributed by atoms with Gasteiger partial charge in [-0.05, 0) is 18.2 Å². The van der Waals surface area contributed by atoms with E-state index in [-0.39, 0.29) is 11.6 Å². The van der Waals surface area contributed by atoms with E-state index in [0.717, 1.165) is 6.07 Å². The largest absolute Gasteiger partial charge is 0.477 e. The molecule has 3 N–H and O–H groups in total. The number of nitrogens with one attached hydrogen (secondary N) is 2. The summed E-state index contributed by atoms with van der Waals surface area (Å²) in [5, 5.41) is 11.7. The number of hydrogen-bond acceptors (Lipinski definition) is 3. The Labute approximate surface area is 101 Å². The summed E-state index contributed by atoms with van der Waals surface area (Å²) in [4.78, 5) is 36.1. The molecule has 92 valence electrons. The van der Waals surface area contributed by atoms with Crippen LogP contribution in [0.3, 0.4) is 0 Å². The lowest BCUT2D eigenvalue weighted by atomic mass is 10.1. The fraction of sp³-hybridized carbons (Fsp3) is 0.0833. The lowest BCUT2D eigenvalue weighted by Gasteiger charge is -2.04. The number of H-pyrrole nitrogens is 1. The molecule has 1 aromatic heterocycles. The van der Waals surface area contributed by atoms with Crippen molar-refractivity contribution in [3.63, 3.8) is 0 Å². The second-order valence-corrected chi connectivity index (χ2v) is 3.79. The zero-order valence-corrected chi connectivity index (χ0v) is 9.48. The van der Waals surface area contributed by atoms with E-state index in [4.69, 9.17) is 5.11 Å². The molecule has 0 saturated carbocycles. The maximum atomic E-state index is 11.7. The lowest BCUT2D eigenvalue weighted by molar-refractivity contribution is -0.114. The van der Waals surface area contributed by atoms with Crippen LogP contribution in [0.2, 0.25) is 0 Å². The van der Waals surface area contributed by atoms with E-state index in [9.17, 15) is 14.4 Å². The van der Waals surface area contributed by atoms with Crippen molar-refractivity contribution in [2.45, 2.75) is 6.92 Å². The molecule has 0 aliphatic rings. The number of rotatable bonds is 2. The number of fused-ring (bicyclic) bond motifs is 1. The average molecular weight is 246 g/mol. The Morgan fingerprint density at radius 3 is 2.61 bits per heavy atom. The normalized spacial score (nSPS) is 10.3. The molecule has 1 aromatic carbocycles. The van der Waals surface area contributed by atoms with Gasteiger partial charge in [-0.3, -0.25) is 9.59 Å². The van der Waals surface area contributed by atoms with Crippen LogP contribution in [-0.4, -0.2) is 22.0 Å². The third kappa shape index (κ3) is 2.22. The van der Waals surface area contributed by atoms with Crippen LogP contribution >= 0.6 is 0 Å². The van der Waals surface area contributed by atoms with Crippen molar-refractivity contribution in [2.24, 2.45) is 0 Å². The standard InChI is InChI=1S/C12H10N2O4/c1-6(15)13-7-2-3-9-8(4-7)11(16)5-10(14-9)12(17)18/h2-5H,1H3,(H,13,15)(H,14,16)(H,17,18). The SMILES string of the molecule is CC(=O)Nc1ccc2[nH]c(C(=O)O)cc(=O)c2c1. The van der Waals surface area contributed by atoms with Gasteiger partial charge in [0.15, 0.2) is 5.43 Å². The molecule has 0 saturated heterocycles. The van der Waals surface area contributed by atoms with Gasteiger partial charge in [-0.1, -0.05) is 0 Å². The zero-order valence-electron chi connectivity index (χ0n) is 9.48. The molecule has 1 heterocycles. The molecule has 0 spiro atoms. The molecule has 18 heavy (non-hydrogen) atoms. The summed E-state index contributed by atoms with van der Waals surface area (Å²) in [7, 11) is 0. The Bertz CT molecular complexity index is 703. The summed E-state index contributed by atoms with van der Waals surface area (Å²) < 4.78 is 0. The van der Waals surface area contributed by atoms with Crippen molar-refractivity contribution in [2.75, 3.05) is 5.32 Å². The first-order chi connectivity index (χ1) is 8.47. The minimum Gasteiger partial charge on any atom is -0.477 e. The Balaban J connectivity index is 2.61. The van der Waals surface area contributed by atoms with Crippen molar-refractivity contribution >= 4 is 28.5 Å². The van der Waals surface area contributed by atoms with Crippen LogP contribution < -0.4 is 10.7 Å². The molecule has 2 rings (SSSR count). The highest BCUT2D eigenvalue weighted by molar-refractivity contribution is 5.94. The number of carboxylic acids is 1. The van der Waals surface area contributed by atoms with Crippen molar-refractivity contribution in [3.8, 4) is 0 Å². The van der Waals surface area contributed by atoms with Gasteiger partial charge in [-0.2, -0.15) is 0 Å². The molecule has 2 aromatic rings. The van der Waals surface area contributed by atoms with Gasteiger partial charge in [0.1, 0.15) is 5.69 Å². The van der Waals surface area contributed by atoms with Gasteiger partial charge in [0.2, 0.25) is 5.91 Å². The number of hydrogen-bond donors (Lipinski definition) is 3. The number of carbonyl (C=O) groups is 2. The summed E-state index contributed by atoms with van der Waals surface area (Å²) in [5.41, 5.74) is 0.325. The Morgan fingerprint density at radius 2 is 2.00 bits per heavy atom. The molecule has 0 unspecified atom stereocenters. The maximum Gasteiger partial charge on any atom is 0.352 e. The van der Waals surface area contributed by atoms with Crippen molar-refractivity contribution in [1.29, 1.82) is 0 Å². The predicted octanol–water partition coefficient (Wildman–Crippen LogP) is 1.18. The van der Waals surface area contributed by atoms with Gasteiger partial charge in [0, 0.05) is 24.1 Å². The molecule has 0 aliphatic carbocycles. The number of amides is 1. The van der Waals surface area contributed by atoms with Crippen LogP contribution in [0, 0.1) is 0 Å². The smallest absolute Gasteiger partial charge is 0.352 e. The number of aromatic nitrogens is 1. The molecule has 0 aliphatic heterocycles. The van der Waals surface area contributed by atoms with Crippen LogP contribution in [0.15, 0.2) is 29.1 Å². The first kappa shape index (κ1) is 11.8. The van der Waals surface area contributed by atoms with Gasteiger partial charge < -0.3 is 15.4 Å². The number of pyridine rings is 1. The molecule has 6 nitrogen and oxygen atoms in total. The fourth-order valence-electron chi connectivity index (χ4n) is 1.64. The molecule has 1 amide bonds. The first-order valence-electron chi connectivity index (χ1n) is 5.15. The van der Waals surface area contributed by atoms with Gasteiger partial charge in [-0.25, -0.2) is 4.79 Å². The minimum atomic E-state index is -1.19. The zero-order chi connectivity index (χ0) is 13.3. The molecule has 0 radical (unpaired) electrons. The predicted molar refractivity (Wildman–Crippen MR) is 65.8 cm³/mol. The van der Waals surface area contributed by atoms with E-state index in [0.29, 0.717) is 16.6 Å². The third-order valence-electron chi connectivity index (χ3n) is 2.38. The van der Waals surface area contributed by atoms with E-state index < -0.39 is 11.4 Å². The molecule has 0 bridgehead atoms. The highest BCUT2D eigenvalue weighted by atomic mass is 16.4. The lowest BCUT2D eigenvalue weighted by Crippen LogP contribution is -2.11. The second-order valence-electron chi connectivity index (χ2n) is 3.79. The van der Waals surface area contributed by atoms with E-state index in [1.54, 1.807) is 12.1 Å². The summed E-state index contributed by atoms with van der Waals surface area (Å²) in [5.74, 6) is -1.44. The number of carboxylic acid groups (broad SMARTS) is 1. The van der Waals surface area contributed by atoms with E-state index in [1.165, 1.54) is 13.0 Å². The van der Waals surface area contributed by atoms with Crippen molar-refractivity contribution in [1.82, 2.24) is 4.98 Å². The monoisotopic (exact) mass is 246 g/mol. The highest BCUT2D eigenvalue weighted by Crippen LogP contribution is 2.15. The van der Waals surface area contributed by atoms with Crippen LogP contribution in [0.4, 0.5) is 5.69 Å². The van der Waals surface area contributed by atoms with Crippen LogP contribution in [0.5, 0.6) is 0 Å². The Morgan fingerprint density at radius 1 is 1.28 bits per heavy atom. The van der Waals surface area contributed by atoms with E-state index in [1.807, 2.05) is 0 Å². The first-order valence-corrected chi connectivity index (χ1v) is 5.15. The fourth-order valence-corrected chi connectivity index (χ4v) is 1.64. The summed E-state index contributed by atoms with van der Waals surface area (Å²) in [6, 6.07) is 5.66. The molecular formula is C12H10N2O4. The molecule has 0 fully saturated rings. The average Bonchev–Trinajstić information content (AvgIpc) is 2.28. The van der Waals surface area contributed by atoms with Gasteiger partial charge in [0.05, 0.1) is 5.52 Å². The van der Waals surface area contributed by atoms with Crippen LogP contribution in [0.25, 0.3) is 10.9 Å². The molecular weight excluding hydrogens is 236 g/mol. The van der Waals surface area contributed by atoms with E-state index >= 15 is 0 Å². The summed E-state index contributed by atoms with van der Waals surface area (Å²) >= 11 is 0. The van der Waals surface area contributed by atoms with Gasteiger partial charge >= 0.3 is 5.97 Å². The van der Waals surface area contributed by atoms with Crippen LogP contribution in [-0.2, 0) is 4.79 Å². The number of benzene rings is 1. The van der Waals surface area contributed by atoms with Crippen LogP contribution in [0.1, 0.15) is 17.4 Å². The maximum absolute atomic E-state index is 11.7. The molecule has 6 heteroatoms. The van der Waals surface area contributed by atoms with Gasteiger partial charge in [-0.15, -0.1) is 0 Å². The highest BCUT2D eigenvalue weighted by Gasteiger charge is 2.08. The summed E-state index contributed by atoms with van der Waals surface area (Å²) in [6.45, 7) is 1.36.